The summed E-state index contributed by atoms with van der Waals surface area (Å²) in [4.78, 5) is 33.7. The van der Waals surface area contributed by atoms with E-state index >= 15 is 0 Å². The second-order valence-corrected chi connectivity index (χ2v) is 7.37. The normalized spacial score (nSPS) is 16.6. The number of piperidine rings is 1. The molecule has 1 atom stereocenters. The fourth-order valence-corrected chi connectivity index (χ4v) is 3.29. The van der Waals surface area contributed by atoms with E-state index in [2.05, 4.69) is 20.0 Å². The van der Waals surface area contributed by atoms with E-state index in [0.29, 0.717) is 18.1 Å². The van der Waals surface area contributed by atoms with Crippen LogP contribution in [0, 0.1) is 5.92 Å². The van der Waals surface area contributed by atoms with Crippen LogP contribution >= 0.6 is 11.6 Å². The number of amides is 2. The number of rotatable bonds is 6. The Labute approximate surface area is 180 Å². The highest BCUT2D eigenvalue weighted by atomic mass is 35.5. The Morgan fingerprint density at radius 1 is 1.29 bits per heavy atom. The van der Waals surface area contributed by atoms with Gasteiger partial charge in [-0.25, -0.2) is 9.97 Å². The number of aromatic nitrogens is 2. The van der Waals surface area contributed by atoms with Gasteiger partial charge >= 0.3 is 6.18 Å². The van der Waals surface area contributed by atoms with Crippen molar-refractivity contribution in [2.45, 2.75) is 19.0 Å². The molecule has 2 aromatic rings. The van der Waals surface area contributed by atoms with Crippen molar-refractivity contribution in [1.29, 1.82) is 0 Å². The monoisotopic (exact) mass is 457 g/mol. The van der Waals surface area contributed by atoms with Crippen LogP contribution in [0.25, 0.3) is 0 Å². The van der Waals surface area contributed by atoms with Gasteiger partial charge in [0.1, 0.15) is 10.8 Å². The number of ether oxygens (including phenoxy) is 1. The van der Waals surface area contributed by atoms with Crippen molar-refractivity contribution >= 4 is 34.9 Å². The largest absolute Gasteiger partial charge is 0.467 e. The van der Waals surface area contributed by atoms with Gasteiger partial charge in [0.25, 0.3) is 5.91 Å². The molecule has 12 heteroatoms. The van der Waals surface area contributed by atoms with Crippen molar-refractivity contribution < 1.29 is 27.5 Å². The van der Waals surface area contributed by atoms with Crippen LogP contribution in [0.4, 0.5) is 24.7 Å². The highest BCUT2D eigenvalue weighted by Gasteiger charge is 2.29. The van der Waals surface area contributed by atoms with Gasteiger partial charge in [-0.05, 0) is 31.0 Å². The Morgan fingerprint density at radius 3 is 2.68 bits per heavy atom. The summed E-state index contributed by atoms with van der Waals surface area (Å²) in [6.45, 7) is -0.309. The Morgan fingerprint density at radius 2 is 2.06 bits per heavy atom. The molecule has 0 saturated carbocycles. The standard InChI is InChI=1S/C19H19ClF3N5O3/c20-14-6-12(7-26-18(14)31-10-19(21,22)23)17(30)27-13-3-4-15(25-8-13)28-5-1-2-11(9-28)16(24)29/h3-4,6-8,11H,1-2,5,9-10H2,(H2,24,29)(H,27,30). The average molecular weight is 458 g/mol. The predicted octanol–water partition coefficient (Wildman–Crippen LogP) is 3.03. The van der Waals surface area contributed by atoms with Crippen LogP contribution < -0.4 is 20.7 Å². The van der Waals surface area contributed by atoms with E-state index in [-0.39, 0.29) is 22.4 Å². The SMILES string of the molecule is NC(=O)C1CCCN(c2ccc(NC(=O)c3cnc(OCC(F)(F)F)c(Cl)c3)cn2)C1. The third kappa shape index (κ3) is 6.20. The molecule has 31 heavy (non-hydrogen) atoms. The first kappa shape index (κ1) is 22.6. The van der Waals surface area contributed by atoms with Crippen molar-refractivity contribution in [1.82, 2.24) is 9.97 Å². The van der Waals surface area contributed by atoms with Gasteiger partial charge in [-0.1, -0.05) is 11.6 Å². The summed E-state index contributed by atoms with van der Waals surface area (Å²) in [5.41, 5.74) is 5.82. The maximum absolute atomic E-state index is 12.4. The van der Waals surface area contributed by atoms with Crippen LogP contribution in [0.1, 0.15) is 23.2 Å². The minimum absolute atomic E-state index is 0.0359. The van der Waals surface area contributed by atoms with Crippen LogP contribution in [0.5, 0.6) is 5.88 Å². The number of carbonyl (C=O) groups excluding carboxylic acids is 2. The van der Waals surface area contributed by atoms with Crippen LogP contribution in [0.3, 0.4) is 0 Å². The molecule has 2 amide bonds. The predicted molar refractivity (Wildman–Crippen MR) is 107 cm³/mol. The summed E-state index contributed by atoms with van der Waals surface area (Å²) < 4.78 is 41.2. The first-order valence-electron chi connectivity index (χ1n) is 9.29. The number of pyridine rings is 2. The first-order valence-corrected chi connectivity index (χ1v) is 9.67. The van der Waals surface area contributed by atoms with Gasteiger partial charge < -0.3 is 20.7 Å². The zero-order chi connectivity index (χ0) is 22.6. The molecule has 166 valence electrons. The molecule has 0 aromatic carbocycles. The summed E-state index contributed by atoms with van der Waals surface area (Å²) in [6.07, 6.45) is -0.445. The molecule has 8 nitrogen and oxygen atoms in total. The van der Waals surface area contributed by atoms with Gasteiger partial charge in [0.05, 0.1) is 23.4 Å². The van der Waals surface area contributed by atoms with Crippen LogP contribution in [0.15, 0.2) is 30.6 Å². The molecule has 2 aromatic heterocycles. The molecule has 0 radical (unpaired) electrons. The zero-order valence-electron chi connectivity index (χ0n) is 16.2. The topological polar surface area (TPSA) is 110 Å². The van der Waals surface area contributed by atoms with Crippen molar-refractivity contribution in [3.63, 3.8) is 0 Å². The summed E-state index contributed by atoms with van der Waals surface area (Å²) in [5.74, 6) is -0.902. The van der Waals surface area contributed by atoms with E-state index in [1.165, 1.54) is 6.20 Å². The molecule has 3 rings (SSSR count). The number of carbonyl (C=O) groups is 2. The molecule has 3 heterocycles. The highest BCUT2D eigenvalue weighted by molar-refractivity contribution is 6.32. The minimum Gasteiger partial charge on any atom is -0.467 e. The van der Waals surface area contributed by atoms with Gasteiger partial charge in [-0.3, -0.25) is 9.59 Å². The molecule has 0 bridgehead atoms. The number of nitrogens with one attached hydrogen (secondary N) is 1. The summed E-state index contributed by atoms with van der Waals surface area (Å²) >= 11 is 5.86. The first-order chi connectivity index (χ1) is 14.6. The van der Waals surface area contributed by atoms with Crippen molar-refractivity contribution in [3.05, 3.63) is 41.2 Å². The molecular weight excluding hydrogens is 439 g/mol. The zero-order valence-corrected chi connectivity index (χ0v) is 16.9. The third-order valence-corrected chi connectivity index (χ3v) is 4.87. The molecule has 1 aliphatic heterocycles. The maximum Gasteiger partial charge on any atom is 0.422 e. The molecular formula is C19H19ClF3N5O3. The highest BCUT2D eigenvalue weighted by Crippen LogP contribution is 2.26. The number of primary amides is 1. The van der Waals surface area contributed by atoms with Crippen LogP contribution in [0.2, 0.25) is 5.02 Å². The number of alkyl halides is 3. The third-order valence-electron chi connectivity index (χ3n) is 4.60. The Kier molecular flexibility index (Phi) is 6.84. The van der Waals surface area contributed by atoms with E-state index in [4.69, 9.17) is 17.3 Å². The molecule has 3 N–H and O–H groups in total. The van der Waals surface area contributed by atoms with Crippen LogP contribution in [-0.2, 0) is 4.79 Å². The number of hydrogen-bond acceptors (Lipinski definition) is 6. The Balaban J connectivity index is 1.61. The number of nitrogens with two attached hydrogens (primary N) is 1. The number of hydrogen-bond donors (Lipinski definition) is 2. The molecule has 0 spiro atoms. The van der Waals surface area contributed by atoms with Gasteiger partial charge in [0, 0.05) is 19.3 Å². The fraction of sp³-hybridized carbons (Fsp3) is 0.368. The molecule has 0 aliphatic carbocycles. The number of nitrogens with zero attached hydrogens (tertiary/aromatic N) is 3. The lowest BCUT2D eigenvalue weighted by Gasteiger charge is -2.32. The van der Waals surface area contributed by atoms with E-state index in [1.54, 1.807) is 12.1 Å². The van der Waals surface area contributed by atoms with Gasteiger partial charge in [-0.15, -0.1) is 0 Å². The van der Waals surface area contributed by atoms with E-state index in [1.807, 2.05) is 4.90 Å². The maximum atomic E-state index is 12.4. The molecule has 1 fully saturated rings. The summed E-state index contributed by atoms with van der Waals surface area (Å²) in [6, 6.07) is 4.51. The quantitative estimate of drug-likeness (QED) is 0.690. The smallest absolute Gasteiger partial charge is 0.422 e. The molecule has 1 aliphatic rings. The lowest BCUT2D eigenvalue weighted by Crippen LogP contribution is -2.41. The van der Waals surface area contributed by atoms with Gasteiger partial charge in [-0.2, -0.15) is 13.2 Å². The van der Waals surface area contributed by atoms with E-state index < -0.39 is 24.6 Å². The lowest BCUT2D eigenvalue weighted by atomic mass is 9.97. The van der Waals surface area contributed by atoms with Crippen molar-refractivity contribution in [2.24, 2.45) is 11.7 Å². The van der Waals surface area contributed by atoms with Gasteiger partial charge in [0.2, 0.25) is 11.8 Å². The van der Waals surface area contributed by atoms with Crippen molar-refractivity contribution in [3.8, 4) is 5.88 Å². The Bertz CT molecular complexity index is 956. The number of anilines is 2. The second-order valence-electron chi connectivity index (χ2n) is 6.96. The average Bonchev–Trinajstić information content (AvgIpc) is 2.72. The van der Waals surface area contributed by atoms with Gasteiger partial charge in [0.15, 0.2) is 6.61 Å². The second kappa shape index (κ2) is 9.38. The number of halogens is 4. The van der Waals surface area contributed by atoms with E-state index in [0.717, 1.165) is 31.6 Å². The minimum atomic E-state index is -4.53. The lowest BCUT2D eigenvalue weighted by molar-refractivity contribution is -0.154. The Hall–Kier alpha value is -3.08. The van der Waals surface area contributed by atoms with Crippen molar-refractivity contribution in [2.75, 3.05) is 29.9 Å². The summed E-state index contributed by atoms with van der Waals surface area (Å²) in [7, 11) is 0. The van der Waals surface area contributed by atoms with E-state index in [9.17, 15) is 22.8 Å². The molecule has 1 unspecified atom stereocenters. The fourth-order valence-electron chi connectivity index (χ4n) is 3.07. The molecule has 1 saturated heterocycles. The van der Waals surface area contributed by atoms with Crippen LogP contribution in [-0.4, -0.2) is 47.7 Å². The summed E-state index contributed by atoms with van der Waals surface area (Å²) in [5, 5.41) is 2.38.